The van der Waals surface area contributed by atoms with Crippen LogP contribution in [-0.2, 0) is 16.8 Å². The van der Waals surface area contributed by atoms with Gasteiger partial charge in [0, 0.05) is 22.6 Å². The third-order valence-electron chi connectivity index (χ3n) is 6.27. The molecule has 0 amide bonds. The molecule has 1 saturated carbocycles. The molecule has 2 spiro atoms. The van der Waals surface area contributed by atoms with Crippen molar-refractivity contribution in [2.24, 2.45) is 21.1 Å². The normalized spacial score (nSPS) is 35.0. The SMILES string of the molecule is CO[C@H]1CC[C@@]2(CCc3ccc(Br)cc3C23N=C(C)C(N)=N3)CC1. The Kier molecular flexibility index (Phi) is 3.84. The zero-order valence-electron chi connectivity index (χ0n) is 14.3. The van der Waals surface area contributed by atoms with Gasteiger partial charge in [0.05, 0.1) is 11.8 Å². The van der Waals surface area contributed by atoms with Crippen molar-refractivity contribution in [1.82, 2.24) is 0 Å². The molecule has 1 unspecified atom stereocenters. The van der Waals surface area contributed by atoms with Crippen LogP contribution < -0.4 is 5.73 Å². The van der Waals surface area contributed by atoms with Crippen LogP contribution in [-0.4, -0.2) is 24.8 Å². The van der Waals surface area contributed by atoms with Gasteiger partial charge in [-0.1, -0.05) is 22.0 Å². The van der Waals surface area contributed by atoms with Gasteiger partial charge in [-0.2, -0.15) is 0 Å². The third kappa shape index (κ3) is 2.21. The number of rotatable bonds is 1. The molecule has 2 N–H and O–H groups in total. The summed E-state index contributed by atoms with van der Waals surface area (Å²) in [5.74, 6) is 0.594. The summed E-state index contributed by atoms with van der Waals surface area (Å²) in [6, 6.07) is 6.53. The first-order valence-electron chi connectivity index (χ1n) is 8.73. The van der Waals surface area contributed by atoms with E-state index in [1.54, 1.807) is 0 Å². The molecule has 0 bridgehead atoms. The van der Waals surface area contributed by atoms with Gasteiger partial charge in [0.25, 0.3) is 0 Å². The first-order chi connectivity index (χ1) is 11.5. The number of nitrogens with two attached hydrogens (primary N) is 1. The standard InChI is InChI=1S/C19H24BrN3O/c1-12-17(21)23-19(22-12)16-11-14(20)4-3-13(16)5-8-18(19)9-6-15(24-2)7-10-18/h3-4,11,15H,5-10H2,1-2H3,(H2,21,23)/t15-,18-,19?. The molecule has 0 radical (unpaired) electrons. The number of hydrogen-bond acceptors (Lipinski definition) is 4. The molecule has 1 atom stereocenters. The van der Waals surface area contributed by atoms with E-state index >= 15 is 0 Å². The van der Waals surface area contributed by atoms with Crippen molar-refractivity contribution >= 4 is 27.5 Å². The Hall–Kier alpha value is -1.20. The number of amidine groups is 1. The van der Waals surface area contributed by atoms with E-state index in [1.165, 1.54) is 11.1 Å². The van der Waals surface area contributed by atoms with Crippen molar-refractivity contribution in [3.05, 3.63) is 33.8 Å². The summed E-state index contributed by atoms with van der Waals surface area (Å²) in [4.78, 5) is 10.1. The molecular formula is C19H24BrN3O. The predicted octanol–water partition coefficient (Wildman–Crippen LogP) is 3.96. The predicted molar refractivity (Wildman–Crippen MR) is 101 cm³/mol. The van der Waals surface area contributed by atoms with Gasteiger partial charge in [-0.25, -0.2) is 4.99 Å². The number of aliphatic imine (C=N–C) groups is 2. The zero-order valence-corrected chi connectivity index (χ0v) is 15.9. The summed E-state index contributed by atoms with van der Waals surface area (Å²) >= 11 is 3.64. The Bertz CT molecular complexity index is 714. The quantitative estimate of drug-likeness (QED) is 0.789. The fourth-order valence-electron chi connectivity index (χ4n) is 4.84. The molecule has 1 heterocycles. The van der Waals surface area contributed by atoms with Gasteiger partial charge in [0.2, 0.25) is 0 Å². The van der Waals surface area contributed by atoms with Crippen LogP contribution in [0.3, 0.4) is 0 Å². The Morgan fingerprint density at radius 2 is 1.96 bits per heavy atom. The molecule has 1 aliphatic heterocycles. The Balaban J connectivity index is 1.88. The summed E-state index contributed by atoms with van der Waals surface area (Å²) in [6.07, 6.45) is 6.90. The smallest absolute Gasteiger partial charge is 0.184 e. The second-order valence-corrected chi connectivity index (χ2v) is 8.30. The molecule has 0 saturated heterocycles. The van der Waals surface area contributed by atoms with Crippen molar-refractivity contribution in [3.63, 3.8) is 0 Å². The number of fused-ring (bicyclic) bond motifs is 3. The minimum Gasteiger partial charge on any atom is -0.382 e. The van der Waals surface area contributed by atoms with E-state index in [1.807, 2.05) is 14.0 Å². The second-order valence-electron chi connectivity index (χ2n) is 7.38. The molecule has 24 heavy (non-hydrogen) atoms. The zero-order chi connectivity index (χ0) is 16.9. The van der Waals surface area contributed by atoms with Gasteiger partial charge in [-0.15, -0.1) is 0 Å². The van der Waals surface area contributed by atoms with E-state index in [9.17, 15) is 0 Å². The van der Waals surface area contributed by atoms with Crippen molar-refractivity contribution < 1.29 is 4.74 Å². The van der Waals surface area contributed by atoms with E-state index in [4.69, 9.17) is 20.5 Å². The van der Waals surface area contributed by atoms with Crippen LogP contribution in [0.25, 0.3) is 0 Å². The lowest BCUT2D eigenvalue weighted by molar-refractivity contribution is -0.0180. The second kappa shape index (κ2) is 5.67. The number of aryl methyl sites for hydroxylation is 1. The maximum absolute atomic E-state index is 6.21. The average Bonchev–Trinajstić information content (AvgIpc) is 2.89. The van der Waals surface area contributed by atoms with Crippen LogP contribution in [0.15, 0.2) is 32.7 Å². The van der Waals surface area contributed by atoms with Crippen LogP contribution in [0.5, 0.6) is 0 Å². The van der Waals surface area contributed by atoms with Gasteiger partial charge in [0.1, 0.15) is 5.84 Å². The van der Waals surface area contributed by atoms with Crippen LogP contribution in [0.1, 0.15) is 50.2 Å². The topological polar surface area (TPSA) is 60.0 Å². The minimum atomic E-state index is -0.544. The summed E-state index contributed by atoms with van der Waals surface area (Å²) in [7, 11) is 1.82. The van der Waals surface area contributed by atoms with E-state index in [-0.39, 0.29) is 5.41 Å². The van der Waals surface area contributed by atoms with Crippen LogP contribution in [0, 0.1) is 5.41 Å². The summed E-state index contributed by atoms with van der Waals surface area (Å²) in [5, 5.41) is 0. The molecule has 0 aromatic heterocycles. The summed E-state index contributed by atoms with van der Waals surface area (Å²) in [5.41, 5.74) is 9.18. The Morgan fingerprint density at radius 3 is 2.58 bits per heavy atom. The lowest BCUT2D eigenvalue weighted by Gasteiger charge is -2.52. The van der Waals surface area contributed by atoms with Crippen LogP contribution in [0.4, 0.5) is 0 Å². The maximum atomic E-state index is 6.21. The van der Waals surface area contributed by atoms with Crippen molar-refractivity contribution in [2.75, 3.05) is 7.11 Å². The monoisotopic (exact) mass is 389 g/mol. The number of nitrogens with zero attached hydrogens (tertiary/aromatic N) is 2. The highest BCUT2D eigenvalue weighted by molar-refractivity contribution is 9.10. The van der Waals surface area contributed by atoms with E-state index < -0.39 is 5.66 Å². The van der Waals surface area contributed by atoms with Gasteiger partial charge < -0.3 is 10.5 Å². The van der Waals surface area contributed by atoms with E-state index in [0.717, 1.165) is 48.7 Å². The number of benzene rings is 1. The Morgan fingerprint density at radius 1 is 1.21 bits per heavy atom. The fourth-order valence-corrected chi connectivity index (χ4v) is 5.20. The number of methoxy groups -OCH3 is 1. The first-order valence-corrected chi connectivity index (χ1v) is 9.53. The van der Waals surface area contributed by atoms with Crippen molar-refractivity contribution in [2.45, 2.75) is 57.2 Å². The van der Waals surface area contributed by atoms with Crippen molar-refractivity contribution in [3.8, 4) is 0 Å². The lowest BCUT2D eigenvalue weighted by atomic mass is 9.57. The van der Waals surface area contributed by atoms with Gasteiger partial charge in [0.15, 0.2) is 5.66 Å². The molecule has 2 aliphatic carbocycles. The highest BCUT2D eigenvalue weighted by atomic mass is 79.9. The molecular weight excluding hydrogens is 366 g/mol. The van der Waals surface area contributed by atoms with Gasteiger partial charge in [-0.05, 0) is 63.1 Å². The molecule has 1 aromatic carbocycles. The molecule has 3 aliphatic rings. The molecule has 1 aromatic rings. The molecule has 5 heteroatoms. The minimum absolute atomic E-state index is 0.0538. The average molecular weight is 390 g/mol. The van der Waals surface area contributed by atoms with E-state index in [0.29, 0.717) is 11.9 Å². The maximum Gasteiger partial charge on any atom is 0.184 e. The van der Waals surface area contributed by atoms with E-state index in [2.05, 4.69) is 34.1 Å². The Labute approximate surface area is 151 Å². The van der Waals surface area contributed by atoms with Gasteiger partial charge in [-0.3, -0.25) is 4.99 Å². The lowest BCUT2D eigenvalue weighted by Crippen LogP contribution is -2.49. The number of halogens is 1. The summed E-state index contributed by atoms with van der Waals surface area (Å²) in [6.45, 7) is 1.98. The molecule has 128 valence electrons. The van der Waals surface area contributed by atoms with Crippen molar-refractivity contribution in [1.29, 1.82) is 0 Å². The number of ether oxygens (including phenoxy) is 1. The first kappa shape index (κ1) is 16.3. The van der Waals surface area contributed by atoms with Crippen LogP contribution >= 0.6 is 15.9 Å². The van der Waals surface area contributed by atoms with Crippen LogP contribution in [0.2, 0.25) is 0 Å². The summed E-state index contributed by atoms with van der Waals surface area (Å²) < 4.78 is 6.68. The van der Waals surface area contributed by atoms with Gasteiger partial charge >= 0.3 is 0 Å². The molecule has 4 rings (SSSR count). The highest BCUT2D eigenvalue weighted by Crippen LogP contribution is 2.60. The highest BCUT2D eigenvalue weighted by Gasteiger charge is 2.58. The molecule has 1 fully saturated rings. The third-order valence-corrected chi connectivity index (χ3v) is 6.76. The molecule has 4 nitrogen and oxygen atoms in total. The largest absolute Gasteiger partial charge is 0.382 e. The number of hydrogen-bond donors (Lipinski definition) is 1. The fraction of sp³-hybridized carbons (Fsp3) is 0.579.